The minimum atomic E-state index is -0.0437. The summed E-state index contributed by atoms with van der Waals surface area (Å²) in [6.45, 7) is 2.94. The molecule has 3 heterocycles. The smallest absolute Gasteiger partial charge is 0.220 e. The number of piperidine rings is 1. The predicted molar refractivity (Wildman–Crippen MR) is 89.2 cm³/mol. The monoisotopic (exact) mass is 328 g/mol. The maximum Gasteiger partial charge on any atom is 0.220 e. The fourth-order valence-corrected chi connectivity index (χ4v) is 3.57. The molecule has 1 aliphatic carbocycles. The molecule has 0 spiro atoms. The Balaban J connectivity index is 1.41. The normalized spacial score (nSPS) is 29.5. The Kier molecular flexibility index (Phi) is 3.92. The van der Waals surface area contributed by atoms with E-state index in [0.717, 1.165) is 29.4 Å². The highest BCUT2D eigenvalue weighted by Crippen LogP contribution is 2.47. The van der Waals surface area contributed by atoms with Crippen LogP contribution in [-0.2, 0) is 18.4 Å². The highest BCUT2D eigenvalue weighted by atomic mass is 16.3. The molecule has 0 unspecified atom stereocenters. The minimum absolute atomic E-state index is 0.0437. The second-order valence-corrected chi connectivity index (χ2v) is 7.14. The molecule has 1 saturated carbocycles. The van der Waals surface area contributed by atoms with Gasteiger partial charge in [0.2, 0.25) is 5.91 Å². The van der Waals surface area contributed by atoms with Crippen molar-refractivity contribution in [1.82, 2.24) is 20.4 Å². The van der Waals surface area contributed by atoms with Crippen molar-refractivity contribution in [2.24, 2.45) is 13.0 Å². The molecule has 0 bridgehead atoms. The van der Waals surface area contributed by atoms with Gasteiger partial charge in [0, 0.05) is 37.2 Å². The molecular weight excluding hydrogens is 304 g/mol. The maximum absolute atomic E-state index is 11.8. The molecule has 2 aliphatic rings. The van der Waals surface area contributed by atoms with Crippen molar-refractivity contribution >= 4 is 5.91 Å². The number of carbonyl (C=O) groups excluding carboxylic acids is 1. The summed E-state index contributed by atoms with van der Waals surface area (Å²) in [7, 11) is 1.89. The maximum atomic E-state index is 11.8. The molecule has 2 aromatic heterocycles. The lowest BCUT2D eigenvalue weighted by Crippen LogP contribution is -2.48. The average molecular weight is 328 g/mol. The predicted octanol–water partition coefficient (Wildman–Crippen LogP) is 2.25. The van der Waals surface area contributed by atoms with Crippen LogP contribution in [0.5, 0.6) is 0 Å². The Morgan fingerprint density at radius 2 is 2.29 bits per heavy atom. The van der Waals surface area contributed by atoms with Crippen molar-refractivity contribution in [3.8, 4) is 0 Å². The zero-order valence-electron chi connectivity index (χ0n) is 14.2. The molecule has 128 valence electrons. The Morgan fingerprint density at radius 1 is 1.46 bits per heavy atom. The van der Waals surface area contributed by atoms with E-state index in [1.807, 2.05) is 19.4 Å². The van der Waals surface area contributed by atoms with Crippen molar-refractivity contribution in [2.75, 3.05) is 0 Å². The molecule has 2 aromatic rings. The molecule has 4 rings (SSSR count). The zero-order valence-corrected chi connectivity index (χ0v) is 14.2. The number of hydrogen-bond acceptors (Lipinski definition) is 4. The summed E-state index contributed by atoms with van der Waals surface area (Å²) in [6, 6.07) is 4.30. The quantitative estimate of drug-likeness (QED) is 0.883. The van der Waals surface area contributed by atoms with Gasteiger partial charge in [-0.05, 0) is 30.9 Å². The van der Waals surface area contributed by atoms with Gasteiger partial charge >= 0.3 is 0 Å². The van der Waals surface area contributed by atoms with Crippen LogP contribution in [0.3, 0.4) is 0 Å². The molecule has 2 fully saturated rings. The van der Waals surface area contributed by atoms with Gasteiger partial charge in [-0.2, -0.15) is 5.10 Å². The van der Waals surface area contributed by atoms with E-state index in [4.69, 9.17) is 4.42 Å². The third-order valence-electron chi connectivity index (χ3n) is 5.18. The van der Waals surface area contributed by atoms with Crippen LogP contribution in [0, 0.1) is 5.92 Å². The van der Waals surface area contributed by atoms with Crippen LogP contribution < -0.4 is 10.6 Å². The summed E-state index contributed by atoms with van der Waals surface area (Å²) >= 11 is 0. The van der Waals surface area contributed by atoms with Gasteiger partial charge in [-0.15, -0.1) is 0 Å². The van der Waals surface area contributed by atoms with Gasteiger partial charge in [-0.25, -0.2) is 0 Å². The summed E-state index contributed by atoms with van der Waals surface area (Å²) in [4.78, 5) is 11.8. The number of hydrogen-bond donors (Lipinski definition) is 2. The van der Waals surface area contributed by atoms with E-state index in [2.05, 4.69) is 34.8 Å². The molecular formula is C18H24N4O2. The van der Waals surface area contributed by atoms with Crippen LogP contribution in [0.1, 0.15) is 55.2 Å². The van der Waals surface area contributed by atoms with E-state index >= 15 is 0 Å². The fourth-order valence-electron chi connectivity index (χ4n) is 3.57. The molecule has 0 aromatic carbocycles. The van der Waals surface area contributed by atoms with Gasteiger partial charge in [0.25, 0.3) is 0 Å². The molecule has 1 saturated heterocycles. The van der Waals surface area contributed by atoms with Crippen molar-refractivity contribution < 1.29 is 9.21 Å². The molecule has 1 amide bonds. The van der Waals surface area contributed by atoms with Crippen LogP contribution >= 0.6 is 0 Å². The van der Waals surface area contributed by atoms with Crippen LogP contribution in [0.25, 0.3) is 0 Å². The van der Waals surface area contributed by atoms with E-state index < -0.39 is 0 Å². The standard InChI is InChI=1S/C18H24N4O2/c1-11-7-14(11)16-5-3-13(24-16)9-19-15-4-6-17(23)21-18(15)12-8-20-22(2)10-12/h3,5,8,10-11,14-15,18-19H,4,6-7,9H2,1-2H3,(H,21,23)/t11-,14-,15+,18-/m0/s1. The van der Waals surface area contributed by atoms with E-state index in [-0.39, 0.29) is 18.0 Å². The second kappa shape index (κ2) is 6.09. The summed E-state index contributed by atoms with van der Waals surface area (Å²) in [5, 5.41) is 10.9. The minimum Gasteiger partial charge on any atom is -0.464 e. The van der Waals surface area contributed by atoms with Gasteiger partial charge in [0.1, 0.15) is 11.5 Å². The van der Waals surface area contributed by atoms with Crippen molar-refractivity contribution in [1.29, 1.82) is 0 Å². The number of furan rings is 1. The van der Waals surface area contributed by atoms with Gasteiger partial charge in [0.05, 0.1) is 18.8 Å². The molecule has 2 N–H and O–H groups in total. The fraction of sp³-hybridized carbons (Fsp3) is 0.556. The first-order chi connectivity index (χ1) is 11.6. The first kappa shape index (κ1) is 15.4. The van der Waals surface area contributed by atoms with E-state index in [9.17, 15) is 4.79 Å². The highest BCUT2D eigenvalue weighted by Gasteiger charge is 2.36. The Labute approximate surface area is 141 Å². The molecule has 6 nitrogen and oxygen atoms in total. The molecule has 0 radical (unpaired) electrons. The number of nitrogens with one attached hydrogen (secondary N) is 2. The second-order valence-electron chi connectivity index (χ2n) is 7.14. The summed E-state index contributed by atoms with van der Waals surface area (Å²) in [5.41, 5.74) is 1.04. The zero-order chi connectivity index (χ0) is 16.7. The highest BCUT2D eigenvalue weighted by molar-refractivity contribution is 5.77. The number of carbonyl (C=O) groups is 1. The lowest BCUT2D eigenvalue weighted by atomic mass is 9.93. The molecule has 24 heavy (non-hydrogen) atoms. The summed E-state index contributed by atoms with van der Waals surface area (Å²) in [6.07, 6.45) is 6.39. The number of aryl methyl sites for hydroxylation is 1. The van der Waals surface area contributed by atoms with Crippen LogP contribution in [-0.4, -0.2) is 21.7 Å². The average Bonchev–Trinajstić information content (AvgIpc) is 2.97. The molecule has 4 atom stereocenters. The first-order valence-electron chi connectivity index (χ1n) is 8.70. The lowest BCUT2D eigenvalue weighted by molar-refractivity contribution is -0.123. The van der Waals surface area contributed by atoms with E-state index in [1.54, 1.807) is 4.68 Å². The Morgan fingerprint density at radius 3 is 3.00 bits per heavy atom. The van der Waals surface area contributed by atoms with Gasteiger partial charge < -0.3 is 15.1 Å². The van der Waals surface area contributed by atoms with Crippen LogP contribution in [0.2, 0.25) is 0 Å². The van der Waals surface area contributed by atoms with Crippen molar-refractivity contribution in [2.45, 2.75) is 50.7 Å². The summed E-state index contributed by atoms with van der Waals surface area (Å²) in [5.74, 6) is 3.53. The molecule has 1 aliphatic heterocycles. The van der Waals surface area contributed by atoms with Crippen molar-refractivity contribution in [3.63, 3.8) is 0 Å². The van der Waals surface area contributed by atoms with Gasteiger partial charge in [-0.1, -0.05) is 6.92 Å². The Bertz CT molecular complexity index is 735. The van der Waals surface area contributed by atoms with Crippen LogP contribution in [0.15, 0.2) is 28.9 Å². The summed E-state index contributed by atoms with van der Waals surface area (Å²) < 4.78 is 7.74. The van der Waals surface area contributed by atoms with E-state index in [0.29, 0.717) is 18.9 Å². The lowest BCUT2D eigenvalue weighted by Gasteiger charge is -2.32. The number of amides is 1. The Hall–Kier alpha value is -2.08. The topological polar surface area (TPSA) is 72.1 Å². The van der Waals surface area contributed by atoms with E-state index in [1.165, 1.54) is 6.42 Å². The number of aromatic nitrogens is 2. The van der Waals surface area contributed by atoms with Gasteiger partial charge in [0.15, 0.2) is 0 Å². The first-order valence-corrected chi connectivity index (χ1v) is 8.70. The van der Waals surface area contributed by atoms with Crippen molar-refractivity contribution in [3.05, 3.63) is 41.6 Å². The number of rotatable bonds is 5. The number of nitrogens with zero attached hydrogens (tertiary/aromatic N) is 2. The largest absolute Gasteiger partial charge is 0.464 e. The van der Waals surface area contributed by atoms with Crippen LogP contribution in [0.4, 0.5) is 0 Å². The SMILES string of the molecule is C[C@H]1C[C@@H]1c1ccc(CN[C@@H]2CCC(=O)N[C@H]2c2cnn(C)c2)o1. The van der Waals surface area contributed by atoms with Gasteiger partial charge in [-0.3, -0.25) is 9.48 Å². The third-order valence-corrected chi connectivity index (χ3v) is 5.18. The molecule has 6 heteroatoms. The third kappa shape index (κ3) is 3.11.